The quantitative estimate of drug-likeness (QED) is 0.488. The lowest BCUT2D eigenvalue weighted by Gasteiger charge is -2.08. The standard InChI is InChI=1S/C17H9BrCl2O/c18-14-7-5-10(9-16(14)20)17(21)13-6-8-15(19)12-4-2-1-3-11(12)13/h1-9H. The van der Waals surface area contributed by atoms with Crippen LogP contribution in [0.2, 0.25) is 10.0 Å². The third kappa shape index (κ3) is 2.71. The molecule has 0 unspecified atom stereocenters. The number of rotatable bonds is 2. The largest absolute Gasteiger partial charge is 0.289 e. The fourth-order valence-electron chi connectivity index (χ4n) is 2.25. The molecule has 0 aliphatic rings. The van der Waals surface area contributed by atoms with Crippen LogP contribution in [0.5, 0.6) is 0 Å². The minimum Gasteiger partial charge on any atom is -0.289 e. The Hall–Kier alpha value is -1.35. The molecule has 0 saturated carbocycles. The van der Waals surface area contributed by atoms with Crippen molar-refractivity contribution in [1.82, 2.24) is 0 Å². The van der Waals surface area contributed by atoms with Gasteiger partial charge in [-0.3, -0.25) is 4.79 Å². The molecule has 0 bridgehead atoms. The highest BCUT2D eigenvalue weighted by Gasteiger charge is 2.14. The van der Waals surface area contributed by atoms with Gasteiger partial charge in [0.1, 0.15) is 0 Å². The van der Waals surface area contributed by atoms with Gasteiger partial charge in [-0.1, -0.05) is 47.5 Å². The molecule has 1 nitrogen and oxygen atoms in total. The molecular formula is C17H9BrCl2O. The molecule has 0 aliphatic carbocycles. The van der Waals surface area contributed by atoms with Gasteiger partial charge >= 0.3 is 0 Å². The molecule has 3 rings (SSSR count). The van der Waals surface area contributed by atoms with E-state index in [1.165, 1.54) is 0 Å². The Labute approximate surface area is 140 Å². The molecule has 0 atom stereocenters. The molecule has 104 valence electrons. The van der Waals surface area contributed by atoms with E-state index >= 15 is 0 Å². The highest BCUT2D eigenvalue weighted by atomic mass is 79.9. The summed E-state index contributed by atoms with van der Waals surface area (Å²) in [5, 5.41) is 2.86. The second-order valence-corrected chi connectivity index (χ2v) is 6.27. The Bertz CT molecular complexity index is 859. The van der Waals surface area contributed by atoms with Crippen molar-refractivity contribution in [3.05, 3.63) is 80.2 Å². The minimum absolute atomic E-state index is 0.0720. The van der Waals surface area contributed by atoms with E-state index in [0.29, 0.717) is 21.2 Å². The number of carbonyl (C=O) groups excluding carboxylic acids is 1. The topological polar surface area (TPSA) is 17.1 Å². The van der Waals surface area contributed by atoms with Crippen molar-refractivity contribution >= 4 is 55.7 Å². The minimum atomic E-state index is -0.0720. The summed E-state index contributed by atoms with van der Waals surface area (Å²) >= 11 is 15.6. The van der Waals surface area contributed by atoms with Crippen molar-refractivity contribution in [1.29, 1.82) is 0 Å². The SMILES string of the molecule is O=C(c1ccc(Br)c(Cl)c1)c1ccc(Cl)c2ccccc12. The van der Waals surface area contributed by atoms with Crippen LogP contribution >= 0.6 is 39.1 Å². The summed E-state index contributed by atoms with van der Waals surface area (Å²) in [4.78, 5) is 12.7. The predicted octanol–water partition coefficient (Wildman–Crippen LogP) is 6.14. The van der Waals surface area contributed by atoms with Gasteiger partial charge in [0.25, 0.3) is 0 Å². The van der Waals surface area contributed by atoms with Gasteiger partial charge in [-0.2, -0.15) is 0 Å². The first-order valence-electron chi connectivity index (χ1n) is 6.25. The Balaban J connectivity index is 2.18. The molecule has 0 N–H and O–H groups in total. The third-order valence-electron chi connectivity index (χ3n) is 3.30. The van der Waals surface area contributed by atoms with Crippen LogP contribution < -0.4 is 0 Å². The number of carbonyl (C=O) groups is 1. The maximum Gasteiger partial charge on any atom is 0.193 e. The third-order valence-corrected chi connectivity index (χ3v) is 4.86. The van der Waals surface area contributed by atoms with E-state index in [1.807, 2.05) is 24.3 Å². The summed E-state index contributed by atoms with van der Waals surface area (Å²) in [7, 11) is 0. The fraction of sp³-hybridized carbons (Fsp3) is 0. The van der Waals surface area contributed by atoms with E-state index in [-0.39, 0.29) is 5.78 Å². The Morgan fingerprint density at radius 2 is 1.57 bits per heavy atom. The molecule has 0 spiro atoms. The highest BCUT2D eigenvalue weighted by Crippen LogP contribution is 2.29. The molecule has 0 aliphatic heterocycles. The monoisotopic (exact) mass is 378 g/mol. The molecule has 0 amide bonds. The molecule has 0 fully saturated rings. The molecule has 0 aromatic heterocycles. The second-order valence-electron chi connectivity index (χ2n) is 4.60. The number of halogens is 3. The molecule has 0 saturated heterocycles. The van der Waals surface area contributed by atoms with E-state index in [9.17, 15) is 4.79 Å². The van der Waals surface area contributed by atoms with Crippen molar-refractivity contribution in [2.75, 3.05) is 0 Å². The van der Waals surface area contributed by atoms with Gasteiger partial charge in [0, 0.05) is 26.0 Å². The summed E-state index contributed by atoms with van der Waals surface area (Å²) in [6.07, 6.45) is 0. The number of hydrogen-bond acceptors (Lipinski definition) is 1. The molecule has 3 aromatic rings. The first-order valence-corrected chi connectivity index (χ1v) is 7.80. The lowest BCUT2D eigenvalue weighted by atomic mass is 9.97. The van der Waals surface area contributed by atoms with Crippen molar-refractivity contribution in [2.24, 2.45) is 0 Å². The zero-order chi connectivity index (χ0) is 15.0. The zero-order valence-corrected chi connectivity index (χ0v) is 13.8. The van der Waals surface area contributed by atoms with Crippen LogP contribution in [-0.2, 0) is 0 Å². The number of hydrogen-bond donors (Lipinski definition) is 0. The summed E-state index contributed by atoms with van der Waals surface area (Å²) in [6.45, 7) is 0. The van der Waals surface area contributed by atoms with Crippen LogP contribution in [0.15, 0.2) is 59.1 Å². The lowest BCUT2D eigenvalue weighted by Crippen LogP contribution is -2.02. The normalized spacial score (nSPS) is 10.8. The van der Waals surface area contributed by atoms with Crippen LogP contribution in [0.3, 0.4) is 0 Å². The molecule has 0 heterocycles. The van der Waals surface area contributed by atoms with E-state index in [0.717, 1.165) is 15.2 Å². The Morgan fingerprint density at radius 3 is 2.29 bits per heavy atom. The number of benzene rings is 3. The first-order chi connectivity index (χ1) is 10.1. The summed E-state index contributed by atoms with van der Waals surface area (Å²) in [5.74, 6) is -0.0720. The van der Waals surface area contributed by atoms with Gasteiger partial charge < -0.3 is 0 Å². The van der Waals surface area contributed by atoms with Crippen LogP contribution in [0.25, 0.3) is 10.8 Å². The summed E-state index contributed by atoms with van der Waals surface area (Å²) in [5.41, 5.74) is 1.17. The average molecular weight is 380 g/mol. The molecular weight excluding hydrogens is 371 g/mol. The van der Waals surface area contributed by atoms with Gasteiger partial charge in [0.2, 0.25) is 0 Å². The number of fused-ring (bicyclic) bond motifs is 1. The Kier molecular flexibility index (Phi) is 4.03. The zero-order valence-electron chi connectivity index (χ0n) is 10.7. The first kappa shape index (κ1) is 14.6. The van der Waals surface area contributed by atoms with Gasteiger partial charge in [0.15, 0.2) is 5.78 Å². The highest BCUT2D eigenvalue weighted by molar-refractivity contribution is 9.10. The van der Waals surface area contributed by atoms with Crippen LogP contribution in [0, 0.1) is 0 Å². The summed E-state index contributed by atoms with van der Waals surface area (Å²) in [6, 6.07) is 16.3. The van der Waals surface area contributed by atoms with E-state index in [1.54, 1.807) is 30.3 Å². The van der Waals surface area contributed by atoms with Crippen LogP contribution in [0.4, 0.5) is 0 Å². The van der Waals surface area contributed by atoms with Crippen molar-refractivity contribution in [3.63, 3.8) is 0 Å². The molecule has 4 heteroatoms. The van der Waals surface area contributed by atoms with E-state index in [4.69, 9.17) is 23.2 Å². The smallest absolute Gasteiger partial charge is 0.193 e. The van der Waals surface area contributed by atoms with Crippen molar-refractivity contribution < 1.29 is 4.79 Å². The second kappa shape index (κ2) is 5.80. The molecule has 3 aromatic carbocycles. The lowest BCUT2D eigenvalue weighted by molar-refractivity contribution is 0.104. The number of ketones is 1. The predicted molar refractivity (Wildman–Crippen MR) is 91.5 cm³/mol. The summed E-state index contributed by atoms with van der Waals surface area (Å²) < 4.78 is 0.765. The van der Waals surface area contributed by atoms with Gasteiger partial charge in [-0.15, -0.1) is 0 Å². The van der Waals surface area contributed by atoms with Gasteiger partial charge in [-0.05, 0) is 51.6 Å². The van der Waals surface area contributed by atoms with Crippen LogP contribution in [-0.4, -0.2) is 5.78 Å². The molecule has 0 radical (unpaired) electrons. The molecule has 21 heavy (non-hydrogen) atoms. The Morgan fingerprint density at radius 1 is 0.857 bits per heavy atom. The van der Waals surface area contributed by atoms with Gasteiger partial charge in [-0.25, -0.2) is 0 Å². The van der Waals surface area contributed by atoms with Gasteiger partial charge in [0.05, 0.1) is 5.02 Å². The maximum atomic E-state index is 12.7. The fourth-order valence-corrected chi connectivity index (χ4v) is 2.91. The van der Waals surface area contributed by atoms with Crippen molar-refractivity contribution in [3.8, 4) is 0 Å². The van der Waals surface area contributed by atoms with E-state index in [2.05, 4.69) is 15.9 Å². The van der Waals surface area contributed by atoms with E-state index < -0.39 is 0 Å². The maximum absolute atomic E-state index is 12.7. The average Bonchev–Trinajstić information content (AvgIpc) is 2.50. The van der Waals surface area contributed by atoms with Crippen molar-refractivity contribution in [2.45, 2.75) is 0 Å². The van der Waals surface area contributed by atoms with Crippen LogP contribution in [0.1, 0.15) is 15.9 Å².